The standard InChI is InChI=1S/C18H19N3OS2/c1-4-21-17(14-8-6-5-7-12(14)2)19-20-18(21)23-11-15(22)16-10-9-13(3)24-16/h5-10H,4,11H2,1-3H3. The summed E-state index contributed by atoms with van der Waals surface area (Å²) >= 11 is 2.99. The van der Waals surface area contributed by atoms with Crippen molar-refractivity contribution in [3.8, 4) is 11.4 Å². The zero-order valence-electron chi connectivity index (χ0n) is 13.9. The van der Waals surface area contributed by atoms with E-state index in [1.54, 1.807) is 0 Å². The van der Waals surface area contributed by atoms with Crippen LogP contribution in [0.3, 0.4) is 0 Å². The number of benzene rings is 1. The van der Waals surface area contributed by atoms with E-state index in [9.17, 15) is 4.79 Å². The number of aryl methyl sites for hydroxylation is 2. The third kappa shape index (κ3) is 3.44. The van der Waals surface area contributed by atoms with Gasteiger partial charge in [-0.1, -0.05) is 36.0 Å². The Bertz CT molecular complexity index is 867. The van der Waals surface area contributed by atoms with Crippen molar-refractivity contribution >= 4 is 28.9 Å². The molecule has 0 saturated carbocycles. The van der Waals surface area contributed by atoms with Crippen molar-refractivity contribution in [2.75, 3.05) is 5.75 Å². The van der Waals surface area contributed by atoms with Gasteiger partial charge in [0.1, 0.15) is 0 Å². The molecule has 0 fully saturated rings. The van der Waals surface area contributed by atoms with Gasteiger partial charge in [0.25, 0.3) is 0 Å². The first-order chi connectivity index (χ1) is 11.6. The molecule has 0 amide bonds. The molecular formula is C18H19N3OS2. The van der Waals surface area contributed by atoms with E-state index >= 15 is 0 Å². The molecule has 0 saturated heterocycles. The van der Waals surface area contributed by atoms with Crippen molar-refractivity contribution in [1.82, 2.24) is 14.8 Å². The molecule has 0 spiro atoms. The second kappa shape index (κ2) is 7.32. The molecule has 0 bridgehead atoms. The fourth-order valence-electron chi connectivity index (χ4n) is 2.49. The predicted molar refractivity (Wildman–Crippen MR) is 100.0 cm³/mol. The highest BCUT2D eigenvalue weighted by molar-refractivity contribution is 7.99. The number of hydrogen-bond donors (Lipinski definition) is 0. The maximum Gasteiger partial charge on any atom is 0.191 e. The van der Waals surface area contributed by atoms with Gasteiger partial charge in [-0.05, 0) is 38.5 Å². The summed E-state index contributed by atoms with van der Waals surface area (Å²) in [6.45, 7) is 6.92. The van der Waals surface area contributed by atoms with Gasteiger partial charge in [0.2, 0.25) is 0 Å². The normalized spacial score (nSPS) is 11.0. The average molecular weight is 358 g/mol. The fourth-order valence-corrected chi connectivity index (χ4v) is 4.27. The van der Waals surface area contributed by atoms with Gasteiger partial charge in [-0.25, -0.2) is 0 Å². The van der Waals surface area contributed by atoms with Gasteiger partial charge in [-0.3, -0.25) is 4.79 Å². The maximum atomic E-state index is 12.3. The summed E-state index contributed by atoms with van der Waals surface area (Å²) in [6.07, 6.45) is 0. The summed E-state index contributed by atoms with van der Waals surface area (Å²) in [7, 11) is 0. The van der Waals surface area contributed by atoms with E-state index in [-0.39, 0.29) is 5.78 Å². The lowest BCUT2D eigenvalue weighted by Crippen LogP contribution is -2.04. The van der Waals surface area contributed by atoms with Crippen LogP contribution in [0.25, 0.3) is 11.4 Å². The van der Waals surface area contributed by atoms with Crippen LogP contribution in [0, 0.1) is 13.8 Å². The second-order valence-electron chi connectivity index (χ2n) is 5.49. The lowest BCUT2D eigenvalue weighted by molar-refractivity contribution is 0.102. The molecule has 0 aliphatic heterocycles. The molecule has 0 radical (unpaired) electrons. The molecule has 0 unspecified atom stereocenters. The van der Waals surface area contributed by atoms with E-state index in [4.69, 9.17) is 0 Å². The molecule has 1 aromatic carbocycles. The Balaban J connectivity index is 1.80. The number of ketones is 1. The summed E-state index contributed by atoms with van der Waals surface area (Å²) < 4.78 is 2.07. The minimum absolute atomic E-state index is 0.140. The number of carbonyl (C=O) groups excluding carboxylic acids is 1. The zero-order chi connectivity index (χ0) is 17.1. The number of thioether (sulfide) groups is 1. The molecule has 3 rings (SSSR count). The second-order valence-corrected chi connectivity index (χ2v) is 7.72. The van der Waals surface area contributed by atoms with E-state index in [0.717, 1.165) is 32.8 Å². The van der Waals surface area contributed by atoms with Gasteiger partial charge in [0, 0.05) is 17.0 Å². The van der Waals surface area contributed by atoms with Crippen LogP contribution in [0.2, 0.25) is 0 Å². The lowest BCUT2D eigenvalue weighted by Gasteiger charge is -2.08. The van der Waals surface area contributed by atoms with Gasteiger partial charge >= 0.3 is 0 Å². The van der Waals surface area contributed by atoms with Crippen molar-refractivity contribution in [2.45, 2.75) is 32.5 Å². The van der Waals surface area contributed by atoms with Crippen LogP contribution in [-0.4, -0.2) is 26.3 Å². The largest absolute Gasteiger partial charge is 0.302 e. The topological polar surface area (TPSA) is 47.8 Å². The van der Waals surface area contributed by atoms with E-state index in [0.29, 0.717) is 5.75 Å². The fraction of sp³-hybridized carbons (Fsp3) is 0.278. The summed E-state index contributed by atoms with van der Waals surface area (Å²) in [5.74, 6) is 1.38. The van der Waals surface area contributed by atoms with Crippen LogP contribution < -0.4 is 0 Å². The average Bonchev–Trinajstić information content (AvgIpc) is 3.19. The molecule has 0 atom stereocenters. The number of nitrogens with zero attached hydrogens (tertiary/aromatic N) is 3. The Hall–Kier alpha value is -1.92. The van der Waals surface area contributed by atoms with Crippen LogP contribution in [0.5, 0.6) is 0 Å². The maximum absolute atomic E-state index is 12.3. The highest BCUT2D eigenvalue weighted by atomic mass is 32.2. The lowest BCUT2D eigenvalue weighted by atomic mass is 10.1. The molecule has 2 aromatic heterocycles. The monoisotopic (exact) mass is 357 g/mol. The van der Waals surface area contributed by atoms with Gasteiger partial charge in [0.15, 0.2) is 16.8 Å². The van der Waals surface area contributed by atoms with Crippen LogP contribution in [0.4, 0.5) is 0 Å². The Morgan fingerprint density at radius 3 is 2.62 bits per heavy atom. The summed E-state index contributed by atoms with van der Waals surface area (Å²) in [4.78, 5) is 14.3. The van der Waals surface area contributed by atoms with E-state index in [2.05, 4.69) is 40.7 Å². The van der Waals surface area contributed by atoms with Crippen LogP contribution in [-0.2, 0) is 6.54 Å². The summed E-state index contributed by atoms with van der Waals surface area (Å²) in [5, 5.41) is 9.45. The first kappa shape index (κ1) is 16.9. The SMILES string of the molecule is CCn1c(SCC(=O)c2ccc(C)s2)nnc1-c1ccccc1C. The van der Waals surface area contributed by atoms with Gasteiger partial charge < -0.3 is 4.57 Å². The number of aromatic nitrogens is 3. The van der Waals surface area contributed by atoms with Gasteiger partial charge in [-0.15, -0.1) is 21.5 Å². The smallest absolute Gasteiger partial charge is 0.191 e. The summed E-state index contributed by atoms with van der Waals surface area (Å²) in [5.41, 5.74) is 2.25. The molecule has 6 heteroatoms. The number of hydrogen-bond acceptors (Lipinski definition) is 5. The van der Waals surface area contributed by atoms with E-state index in [1.807, 2.05) is 31.2 Å². The zero-order valence-corrected chi connectivity index (χ0v) is 15.6. The van der Waals surface area contributed by atoms with E-state index < -0.39 is 0 Å². The van der Waals surface area contributed by atoms with E-state index in [1.165, 1.54) is 28.7 Å². The number of carbonyl (C=O) groups is 1. The van der Waals surface area contributed by atoms with Crippen LogP contribution in [0.15, 0.2) is 41.6 Å². The molecule has 0 aliphatic rings. The van der Waals surface area contributed by atoms with Crippen molar-refractivity contribution in [3.63, 3.8) is 0 Å². The number of rotatable bonds is 6. The Morgan fingerprint density at radius 1 is 1.17 bits per heavy atom. The van der Waals surface area contributed by atoms with Crippen LogP contribution in [0.1, 0.15) is 27.0 Å². The molecule has 3 aromatic rings. The van der Waals surface area contributed by atoms with Gasteiger partial charge in [0.05, 0.1) is 10.6 Å². The van der Waals surface area contributed by atoms with Crippen LogP contribution >= 0.6 is 23.1 Å². The Morgan fingerprint density at radius 2 is 1.96 bits per heavy atom. The minimum atomic E-state index is 0.140. The Labute approximate surface area is 149 Å². The molecule has 124 valence electrons. The number of thiophene rings is 1. The quantitative estimate of drug-likeness (QED) is 0.477. The first-order valence-corrected chi connectivity index (χ1v) is 9.62. The third-order valence-electron chi connectivity index (χ3n) is 3.77. The molecular weight excluding hydrogens is 338 g/mol. The summed E-state index contributed by atoms with van der Waals surface area (Å²) in [6, 6.07) is 12.0. The van der Waals surface area contributed by atoms with Crippen molar-refractivity contribution in [3.05, 3.63) is 51.7 Å². The van der Waals surface area contributed by atoms with Crippen molar-refractivity contribution in [1.29, 1.82) is 0 Å². The molecule has 4 nitrogen and oxygen atoms in total. The number of Topliss-reactive ketones (excluding diaryl/α,β-unsaturated/α-hetero) is 1. The first-order valence-electron chi connectivity index (χ1n) is 7.81. The predicted octanol–water partition coefficient (Wildman–Crippen LogP) is 4.62. The third-order valence-corrected chi connectivity index (χ3v) is 5.78. The molecule has 0 N–H and O–H groups in total. The highest BCUT2D eigenvalue weighted by Crippen LogP contribution is 2.27. The molecule has 24 heavy (non-hydrogen) atoms. The highest BCUT2D eigenvalue weighted by Gasteiger charge is 2.16. The minimum Gasteiger partial charge on any atom is -0.302 e. The Kier molecular flexibility index (Phi) is 5.16. The van der Waals surface area contributed by atoms with Crippen molar-refractivity contribution in [2.24, 2.45) is 0 Å². The van der Waals surface area contributed by atoms with Gasteiger partial charge in [-0.2, -0.15) is 0 Å². The molecule has 0 aliphatic carbocycles. The van der Waals surface area contributed by atoms with Crippen molar-refractivity contribution < 1.29 is 4.79 Å². The molecule has 2 heterocycles.